The fraction of sp³-hybridized carbons (Fsp3) is 0.929. The molecule has 0 bridgehead atoms. The van der Waals surface area contributed by atoms with Gasteiger partial charge >= 0.3 is 5.97 Å². The topological polar surface area (TPSA) is 58.6 Å². The van der Waals surface area contributed by atoms with Gasteiger partial charge in [-0.3, -0.25) is 10.1 Å². The van der Waals surface area contributed by atoms with Crippen molar-refractivity contribution < 1.29 is 14.6 Å². The van der Waals surface area contributed by atoms with Gasteiger partial charge in [0, 0.05) is 19.1 Å². The van der Waals surface area contributed by atoms with Gasteiger partial charge in [0.2, 0.25) is 0 Å². The molecular formula is C14H25NO3. The largest absolute Gasteiger partial charge is 0.480 e. The second-order valence-corrected chi connectivity index (χ2v) is 6.12. The molecule has 1 saturated heterocycles. The molecule has 0 radical (unpaired) electrons. The molecule has 2 unspecified atom stereocenters. The van der Waals surface area contributed by atoms with E-state index in [1.807, 2.05) is 0 Å². The number of hydrogen-bond donors (Lipinski definition) is 2. The zero-order valence-corrected chi connectivity index (χ0v) is 11.4. The third kappa shape index (κ3) is 2.86. The molecule has 4 nitrogen and oxygen atoms in total. The summed E-state index contributed by atoms with van der Waals surface area (Å²) in [5, 5.41) is 13.1. The molecule has 4 heteroatoms. The van der Waals surface area contributed by atoms with Gasteiger partial charge in [-0.05, 0) is 25.2 Å². The van der Waals surface area contributed by atoms with Crippen molar-refractivity contribution in [3.63, 3.8) is 0 Å². The van der Waals surface area contributed by atoms with Crippen LogP contribution in [0.1, 0.15) is 52.4 Å². The molecule has 1 aliphatic heterocycles. The van der Waals surface area contributed by atoms with E-state index >= 15 is 0 Å². The summed E-state index contributed by atoms with van der Waals surface area (Å²) >= 11 is 0. The smallest absolute Gasteiger partial charge is 0.324 e. The van der Waals surface area contributed by atoms with Gasteiger partial charge in [-0.25, -0.2) is 0 Å². The standard InChI is InChI=1S/C14H25NO3/c1-10(2)12-9-14(13(16)17,7-8-18-12)15-11-5-3-4-6-11/h10-12,15H,3-9H2,1-2H3,(H,16,17). The Labute approximate surface area is 109 Å². The second-order valence-electron chi connectivity index (χ2n) is 6.12. The van der Waals surface area contributed by atoms with Crippen LogP contribution < -0.4 is 5.32 Å². The average molecular weight is 255 g/mol. The maximum Gasteiger partial charge on any atom is 0.324 e. The van der Waals surface area contributed by atoms with Gasteiger partial charge in [0.05, 0.1) is 6.10 Å². The molecule has 104 valence electrons. The highest BCUT2D eigenvalue weighted by atomic mass is 16.5. The van der Waals surface area contributed by atoms with E-state index in [-0.39, 0.29) is 6.10 Å². The number of hydrogen-bond acceptors (Lipinski definition) is 3. The van der Waals surface area contributed by atoms with E-state index in [2.05, 4.69) is 19.2 Å². The van der Waals surface area contributed by atoms with Crippen LogP contribution in [0.15, 0.2) is 0 Å². The van der Waals surface area contributed by atoms with E-state index < -0.39 is 11.5 Å². The molecule has 1 heterocycles. The molecule has 0 amide bonds. The third-order valence-corrected chi connectivity index (χ3v) is 4.40. The monoisotopic (exact) mass is 255 g/mol. The average Bonchev–Trinajstić information content (AvgIpc) is 2.81. The Kier molecular flexibility index (Phi) is 4.28. The highest BCUT2D eigenvalue weighted by molar-refractivity contribution is 5.79. The number of carboxylic acid groups (broad SMARTS) is 1. The normalized spacial score (nSPS) is 34.1. The van der Waals surface area contributed by atoms with Crippen LogP contribution in [-0.2, 0) is 9.53 Å². The Hall–Kier alpha value is -0.610. The van der Waals surface area contributed by atoms with E-state index in [4.69, 9.17) is 4.74 Å². The Morgan fingerprint density at radius 2 is 2.06 bits per heavy atom. The first-order valence-corrected chi connectivity index (χ1v) is 7.16. The van der Waals surface area contributed by atoms with E-state index in [1.54, 1.807) is 0 Å². The van der Waals surface area contributed by atoms with Gasteiger partial charge in [-0.15, -0.1) is 0 Å². The minimum absolute atomic E-state index is 0.0590. The van der Waals surface area contributed by atoms with E-state index in [0.29, 0.717) is 31.4 Å². The summed E-state index contributed by atoms with van der Waals surface area (Å²) in [6.45, 7) is 4.74. The van der Waals surface area contributed by atoms with Gasteiger partial charge in [0.1, 0.15) is 5.54 Å². The lowest BCUT2D eigenvalue weighted by Gasteiger charge is -2.41. The first kappa shape index (κ1) is 13.8. The lowest BCUT2D eigenvalue weighted by atomic mass is 9.82. The first-order valence-electron chi connectivity index (χ1n) is 7.16. The van der Waals surface area contributed by atoms with Crippen LogP contribution in [0, 0.1) is 5.92 Å². The van der Waals surface area contributed by atoms with Crippen molar-refractivity contribution in [1.29, 1.82) is 0 Å². The Morgan fingerprint density at radius 1 is 1.39 bits per heavy atom. The van der Waals surface area contributed by atoms with Crippen LogP contribution in [-0.4, -0.2) is 35.4 Å². The minimum Gasteiger partial charge on any atom is -0.480 e. The highest BCUT2D eigenvalue weighted by Gasteiger charge is 2.45. The zero-order chi connectivity index (χ0) is 13.2. The van der Waals surface area contributed by atoms with Crippen LogP contribution in [0.2, 0.25) is 0 Å². The number of ether oxygens (including phenoxy) is 1. The molecular weight excluding hydrogens is 230 g/mol. The zero-order valence-electron chi connectivity index (χ0n) is 11.4. The summed E-state index contributed by atoms with van der Waals surface area (Å²) in [5.41, 5.74) is -0.762. The predicted molar refractivity (Wildman–Crippen MR) is 69.6 cm³/mol. The van der Waals surface area contributed by atoms with Crippen molar-refractivity contribution in [2.45, 2.75) is 70.1 Å². The maximum absolute atomic E-state index is 11.7. The van der Waals surface area contributed by atoms with Gasteiger partial charge in [0.25, 0.3) is 0 Å². The number of carbonyl (C=O) groups is 1. The third-order valence-electron chi connectivity index (χ3n) is 4.40. The molecule has 1 aliphatic carbocycles. The molecule has 1 saturated carbocycles. The Balaban J connectivity index is 2.07. The van der Waals surface area contributed by atoms with Crippen LogP contribution in [0.25, 0.3) is 0 Å². The predicted octanol–water partition coefficient (Wildman–Crippen LogP) is 2.18. The van der Waals surface area contributed by atoms with Crippen LogP contribution in [0.4, 0.5) is 0 Å². The van der Waals surface area contributed by atoms with Crippen molar-refractivity contribution >= 4 is 5.97 Å². The van der Waals surface area contributed by atoms with Crippen LogP contribution in [0.3, 0.4) is 0 Å². The summed E-state index contributed by atoms with van der Waals surface area (Å²) in [6, 6.07) is 0.381. The molecule has 2 atom stereocenters. The van der Waals surface area contributed by atoms with Crippen molar-refractivity contribution in [2.75, 3.05) is 6.61 Å². The van der Waals surface area contributed by atoms with E-state index in [9.17, 15) is 9.90 Å². The van der Waals surface area contributed by atoms with Crippen molar-refractivity contribution in [2.24, 2.45) is 5.92 Å². The molecule has 2 N–H and O–H groups in total. The number of aliphatic carboxylic acids is 1. The van der Waals surface area contributed by atoms with Gasteiger partial charge in [-0.1, -0.05) is 26.7 Å². The lowest BCUT2D eigenvalue weighted by Crippen LogP contribution is -2.60. The molecule has 2 rings (SSSR count). The molecule has 2 aliphatic rings. The summed E-state index contributed by atoms with van der Waals surface area (Å²) < 4.78 is 5.71. The second kappa shape index (κ2) is 5.57. The Morgan fingerprint density at radius 3 is 2.61 bits per heavy atom. The van der Waals surface area contributed by atoms with Gasteiger partial charge in [-0.2, -0.15) is 0 Å². The Bertz CT molecular complexity index is 295. The summed E-state index contributed by atoms with van der Waals surface area (Å²) in [5.74, 6) is -0.335. The maximum atomic E-state index is 11.7. The fourth-order valence-electron chi connectivity index (χ4n) is 3.17. The van der Waals surface area contributed by atoms with E-state index in [0.717, 1.165) is 12.8 Å². The SMILES string of the molecule is CC(C)C1CC(NC2CCCC2)(C(=O)O)CCO1. The molecule has 0 aromatic heterocycles. The molecule has 0 spiro atoms. The minimum atomic E-state index is -0.762. The molecule has 0 aromatic carbocycles. The summed E-state index contributed by atoms with van der Waals surface area (Å²) in [4.78, 5) is 11.7. The quantitative estimate of drug-likeness (QED) is 0.808. The van der Waals surface area contributed by atoms with Crippen molar-refractivity contribution in [1.82, 2.24) is 5.32 Å². The lowest BCUT2D eigenvalue weighted by molar-refractivity contribution is -0.154. The van der Waals surface area contributed by atoms with Crippen LogP contribution in [0.5, 0.6) is 0 Å². The van der Waals surface area contributed by atoms with Crippen molar-refractivity contribution in [3.8, 4) is 0 Å². The number of nitrogens with one attached hydrogen (secondary N) is 1. The highest BCUT2D eigenvalue weighted by Crippen LogP contribution is 2.31. The number of rotatable bonds is 4. The first-order chi connectivity index (χ1) is 8.53. The van der Waals surface area contributed by atoms with Gasteiger partial charge < -0.3 is 9.84 Å². The van der Waals surface area contributed by atoms with E-state index in [1.165, 1.54) is 12.8 Å². The van der Waals surface area contributed by atoms with Crippen molar-refractivity contribution in [3.05, 3.63) is 0 Å². The van der Waals surface area contributed by atoms with Gasteiger partial charge in [0.15, 0.2) is 0 Å². The molecule has 2 fully saturated rings. The summed E-state index contributed by atoms with van der Waals surface area (Å²) in [6.07, 6.45) is 5.90. The molecule has 18 heavy (non-hydrogen) atoms. The summed E-state index contributed by atoms with van der Waals surface area (Å²) in [7, 11) is 0. The fourth-order valence-corrected chi connectivity index (χ4v) is 3.17. The van der Waals surface area contributed by atoms with Crippen LogP contribution >= 0.6 is 0 Å². The molecule has 0 aromatic rings. The number of carboxylic acids is 1.